The third-order valence-corrected chi connectivity index (χ3v) is 9.72. The Labute approximate surface area is 210 Å². The molecule has 186 valence electrons. The summed E-state index contributed by atoms with van der Waals surface area (Å²) in [5.41, 5.74) is 1.16. The topological polar surface area (TPSA) is 82.2 Å². The number of hydrogen-bond donors (Lipinski definition) is 1. The molecule has 8 nitrogen and oxygen atoms in total. The standard InChI is InChI=1S/C23H31ClN4O4S2/c1-26(17-19-5-7-22(29)25-19)16-18-3-2-4-20(15-18)32-14-13-27-9-11-28(12-10-27)34(30,31)23-8-6-21(24)33-23/h2-4,6,8,15,19H,5,7,9-14,16-17H2,1H3,(H,25,29). The quantitative estimate of drug-likeness (QED) is 0.512. The van der Waals surface area contributed by atoms with Crippen molar-refractivity contribution in [3.63, 3.8) is 0 Å². The molecule has 34 heavy (non-hydrogen) atoms. The maximum absolute atomic E-state index is 12.7. The Hall–Kier alpha value is -1.69. The highest BCUT2D eigenvalue weighted by atomic mass is 35.5. The minimum Gasteiger partial charge on any atom is -0.492 e. The van der Waals surface area contributed by atoms with Crippen LogP contribution in [0.15, 0.2) is 40.6 Å². The molecule has 1 amide bonds. The zero-order valence-electron chi connectivity index (χ0n) is 19.3. The zero-order chi connectivity index (χ0) is 24.1. The van der Waals surface area contributed by atoms with Crippen molar-refractivity contribution >= 4 is 38.9 Å². The molecule has 1 aromatic carbocycles. The van der Waals surface area contributed by atoms with Crippen molar-refractivity contribution in [2.75, 3.05) is 52.9 Å². The molecule has 2 fully saturated rings. The van der Waals surface area contributed by atoms with Crippen LogP contribution in [0.3, 0.4) is 0 Å². The van der Waals surface area contributed by atoms with Crippen LogP contribution in [0.1, 0.15) is 18.4 Å². The van der Waals surface area contributed by atoms with Crippen LogP contribution < -0.4 is 10.1 Å². The van der Waals surface area contributed by atoms with E-state index in [1.807, 2.05) is 12.1 Å². The maximum atomic E-state index is 12.7. The summed E-state index contributed by atoms with van der Waals surface area (Å²) in [5.74, 6) is 0.972. The second-order valence-electron chi connectivity index (χ2n) is 8.80. The van der Waals surface area contributed by atoms with Crippen LogP contribution in [0.25, 0.3) is 0 Å². The third kappa shape index (κ3) is 6.71. The first-order chi connectivity index (χ1) is 16.3. The fourth-order valence-electron chi connectivity index (χ4n) is 4.35. The Morgan fingerprint density at radius 2 is 2.00 bits per heavy atom. The van der Waals surface area contributed by atoms with E-state index in [0.29, 0.717) is 47.8 Å². The first kappa shape index (κ1) is 25.4. The molecule has 1 atom stereocenters. The Morgan fingerprint density at radius 3 is 2.68 bits per heavy atom. The number of piperazine rings is 1. The summed E-state index contributed by atoms with van der Waals surface area (Å²) in [4.78, 5) is 15.8. The molecule has 2 aliphatic rings. The van der Waals surface area contributed by atoms with E-state index < -0.39 is 10.0 Å². The molecular weight excluding hydrogens is 496 g/mol. The van der Waals surface area contributed by atoms with Crippen LogP contribution in [0.2, 0.25) is 4.34 Å². The number of rotatable bonds is 10. The lowest BCUT2D eigenvalue weighted by Crippen LogP contribution is -2.49. The summed E-state index contributed by atoms with van der Waals surface area (Å²) >= 11 is 7.00. The number of hydrogen-bond acceptors (Lipinski definition) is 7. The highest BCUT2D eigenvalue weighted by Gasteiger charge is 2.29. The largest absolute Gasteiger partial charge is 0.492 e. The van der Waals surface area contributed by atoms with Crippen LogP contribution in [0.4, 0.5) is 0 Å². The molecule has 2 saturated heterocycles. The van der Waals surface area contributed by atoms with Gasteiger partial charge in [0.25, 0.3) is 10.0 Å². The first-order valence-electron chi connectivity index (χ1n) is 11.5. The average Bonchev–Trinajstić information content (AvgIpc) is 3.42. The number of carbonyl (C=O) groups excluding carboxylic acids is 1. The predicted octanol–water partition coefficient (Wildman–Crippen LogP) is 2.50. The number of amides is 1. The van der Waals surface area contributed by atoms with Gasteiger partial charge in [0, 0.05) is 58.3 Å². The molecule has 2 aliphatic heterocycles. The Bertz CT molecular complexity index is 1090. The van der Waals surface area contributed by atoms with E-state index in [9.17, 15) is 13.2 Å². The number of ether oxygens (including phenoxy) is 1. The van der Waals surface area contributed by atoms with Gasteiger partial charge in [-0.15, -0.1) is 11.3 Å². The number of benzene rings is 1. The van der Waals surface area contributed by atoms with Crippen molar-refractivity contribution in [1.82, 2.24) is 19.4 Å². The molecule has 11 heteroatoms. The highest BCUT2D eigenvalue weighted by Crippen LogP contribution is 2.28. The predicted molar refractivity (Wildman–Crippen MR) is 134 cm³/mol. The molecule has 0 saturated carbocycles. The molecule has 2 aromatic rings. The van der Waals surface area contributed by atoms with Crippen LogP contribution in [0.5, 0.6) is 5.75 Å². The molecule has 0 spiro atoms. The number of likely N-dealkylation sites (N-methyl/N-ethyl adjacent to an activating group) is 1. The number of nitrogens with zero attached hydrogens (tertiary/aromatic N) is 3. The molecule has 0 bridgehead atoms. The summed E-state index contributed by atoms with van der Waals surface area (Å²) in [5, 5.41) is 3.01. The van der Waals surface area contributed by atoms with Gasteiger partial charge in [-0.25, -0.2) is 8.42 Å². The first-order valence-corrected chi connectivity index (χ1v) is 14.1. The van der Waals surface area contributed by atoms with Crippen LogP contribution in [-0.2, 0) is 21.4 Å². The van der Waals surface area contributed by atoms with Crippen molar-refractivity contribution in [3.8, 4) is 5.75 Å². The number of nitrogens with one attached hydrogen (secondary N) is 1. The summed E-state index contributed by atoms with van der Waals surface area (Å²) in [6, 6.07) is 11.5. The fraction of sp³-hybridized carbons (Fsp3) is 0.522. The second kappa shape index (κ2) is 11.4. The number of carbonyl (C=O) groups is 1. The van der Waals surface area contributed by atoms with Gasteiger partial charge in [0.2, 0.25) is 5.91 Å². The summed E-state index contributed by atoms with van der Waals surface area (Å²) in [6.07, 6.45) is 1.52. The minimum atomic E-state index is -3.47. The molecule has 1 N–H and O–H groups in total. The Balaban J connectivity index is 1.19. The van der Waals surface area contributed by atoms with Gasteiger partial charge in [-0.1, -0.05) is 23.7 Å². The molecule has 3 heterocycles. The van der Waals surface area contributed by atoms with Crippen molar-refractivity contribution in [2.24, 2.45) is 0 Å². The van der Waals surface area contributed by atoms with Gasteiger partial charge in [0.15, 0.2) is 0 Å². The normalized spacial score (nSPS) is 20.1. The van der Waals surface area contributed by atoms with Gasteiger partial charge in [0.05, 0.1) is 4.34 Å². The van der Waals surface area contributed by atoms with E-state index in [-0.39, 0.29) is 11.9 Å². The molecule has 4 rings (SSSR count). The lowest BCUT2D eigenvalue weighted by Gasteiger charge is -2.33. The van der Waals surface area contributed by atoms with E-state index in [0.717, 1.165) is 48.7 Å². The van der Waals surface area contributed by atoms with Gasteiger partial charge < -0.3 is 15.0 Å². The Kier molecular flexibility index (Phi) is 8.49. The van der Waals surface area contributed by atoms with Crippen LogP contribution in [-0.4, -0.2) is 87.4 Å². The van der Waals surface area contributed by atoms with Gasteiger partial charge in [0.1, 0.15) is 16.6 Å². The lowest BCUT2D eigenvalue weighted by molar-refractivity contribution is -0.119. The average molecular weight is 527 g/mol. The smallest absolute Gasteiger partial charge is 0.252 e. The summed E-state index contributed by atoms with van der Waals surface area (Å²) < 4.78 is 33.8. The lowest BCUT2D eigenvalue weighted by atomic mass is 10.1. The van der Waals surface area contributed by atoms with Gasteiger partial charge in [-0.2, -0.15) is 4.31 Å². The summed E-state index contributed by atoms with van der Waals surface area (Å²) in [7, 11) is -1.41. The van der Waals surface area contributed by atoms with Gasteiger partial charge in [-0.05, 0) is 43.3 Å². The Morgan fingerprint density at radius 1 is 1.21 bits per heavy atom. The third-order valence-electron chi connectivity index (χ3n) is 6.12. The molecule has 0 aliphatic carbocycles. The van der Waals surface area contributed by atoms with E-state index in [4.69, 9.17) is 16.3 Å². The van der Waals surface area contributed by atoms with E-state index in [1.165, 1.54) is 4.31 Å². The molecule has 0 radical (unpaired) electrons. The van der Waals surface area contributed by atoms with Gasteiger partial charge >= 0.3 is 0 Å². The SMILES string of the molecule is CN(Cc1cccc(OCCN2CCN(S(=O)(=O)c3ccc(Cl)s3)CC2)c1)CC1CCC(=O)N1. The number of sulfonamides is 1. The van der Waals surface area contributed by atoms with Crippen molar-refractivity contribution in [3.05, 3.63) is 46.3 Å². The van der Waals surface area contributed by atoms with E-state index >= 15 is 0 Å². The van der Waals surface area contributed by atoms with Crippen molar-refractivity contribution in [2.45, 2.75) is 29.6 Å². The highest BCUT2D eigenvalue weighted by molar-refractivity contribution is 7.91. The van der Waals surface area contributed by atoms with Crippen LogP contribution >= 0.6 is 22.9 Å². The van der Waals surface area contributed by atoms with E-state index in [2.05, 4.69) is 34.3 Å². The molecular formula is C23H31ClN4O4S2. The second-order valence-corrected chi connectivity index (χ2v) is 12.7. The summed E-state index contributed by atoms with van der Waals surface area (Å²) in [6.45, 7) is 5.16. The minimum absolute atomic E-state index is 0.143. The van der Waals surface area contributed by atoms with Crippen LogP contribution in [0, 0.1) is 0 Å². The van der Waals surface area contributed by atoms with E-state index in [1.54, 1.807) is 12.1 Å². The molecule has 1 aromatic heterocycles. The molecule has 1 unspecified atom stereocenters. The van der Waals surface area contributed by atoms with Crippen molar-refractivity contribution in [1.29, 1.82) is 0 Å². The number of thiophene rings is 1. The van der Waals surface area contributed by atoms with Crippen molar-refractivity contribution < 1.29 is 17.9 Å². The van der Waals surface area contributed by atoms with Gasteiger partial charge in [-0.3, -0.25) is 9.69 Å². The fourth-order valence-corrected chi connectivity index (χ4v) is 7.41. The zero-order valence-corrected chi connectivity index (χ0v) is 21.7. The number of halogens is 1. The maximum Gasteiger partial charge on any atom is 0.252 e. The monoisotopic (exact) mass is 526 g/mol.